The van der Waals surface area contributed by atoms with Gasteiger partial charge in [-0.05, 0) is 66.4 Å². The third-order valence-corrected chi connectivity index (χ3v) is 10.4. The fraction of sp³-hybridized carbons (Fsp3) is 0.441. The zero-order valence-corrected chi connectivity index (χ0v) is 26.6. The van der Waals surface area contributed by atoms with Gasteiger partial charge in [-0.15, -0.1) is 0 Å². The Balaban J connectivity index is 1.35. The number of hydrogen-bond acceptors (Lipinski definition) is 6. The van der Waals surface area contributed by atoms with Gasteiger partial charge in [0.2, 0.25) is 17.7 Å². The second-order valence-electron chi connectivity index (χ2n) is 12.0. The third-order valence-electron chi connectivity index (χ3n) is 9.57. The van der Waals surface area contributed by atoms with Crippen LogP contribution in [0.5, 0.6) is 5.75 Å². The molecule has 0 aliphatic carbocycles. The number of amides is 3. The summed E-state index contributed by atoms with van der Waals surface area (Å²) in [5.41, 5.74) is -0.0710. The van der Waals surface area contributed by atoms with Crippen molar-refractivity contribution in [3.05, 3.63) is 66.7 Å². The molecule has 3 aromatic rings. The van der Waals surface area contributed by atoms with Crippen LogP contribution in [0.15, 0.2) is 66.7 Å². The van der Waals surface area contributed by atoms with E-state index in [9.17, 15) is 19.5 Å². The minimum Gasteiger partial charge on any atom is -0.494 e. The van der Waals surface area contributed by atoms with Gasteiger partial charge < -0.3 is 30.1 Å². The van der Waals surface area contributed by atoms with Gasteiger partial charge >= 0.3 is 0 Å². The van der Waals surface area contributed by atoms with E-state index in [-0.39, 0.29) is 29.2 Å². The van der Waals surface area contributed by atoms with Crippen molar-refractivity contribution in [1.29, 1.82) is 0 Å². The van der Waals surface area contributed by atoms with Crippen LogP contribution in [0.3, 0.4) is 0 Å². The second-order valence-corrected chi connectivity index (χ2v) is 13.2. The molecule has 1 spiro atoms. The molecule has 2 bridgehead atoms. The van der Waals surface area contributed by atoms with E-state index in [2.05, 4.69) is 26.6 Å². The second kappa shape index (κ2) is 12.1. The van der Waals surface area contributed by atoms with Gasteiger partial charge in [0.05, 0.1) is 37.2 Å². The molecular formula is C34H38BrN3O6. The molecule has 3 saturated heterocycles. The highest BCUT2D eigenvalue weighted by molar-refractivity contribution is 9.09. The van der Waals surface area contributed by atoms with Crippen molar-refractivity contribution in [2.45, 2.75) is 62.2 Å². The van der Waals surface area contributed by atoms with Crippen molar-refractivity contribution >= 4 is 55.8 Å². The number of nitrogens with zero attached hydrogens (tertiary/aromatic N) is 1. The maximum Gasteiger partial charge on any atom is 0.250 e. The van der Waals surface area contributed by atoms with Crippen molar-refractivity contribution < 1.29 is 29.0 Å². The number of ether oxygens (including phenoxy) is 2. The van der Waals surface area contributed by atoms with Gasteiger partial charge in [-0.25, -0.2) is 0 Å². The van der Waals surface area contributed by atoms with Crippen LogP contribution in [0.25, 0.3) is 10.8 Å². The molecule has 44 heavy (non-hydrogen) atoms. The molecule has 3 amide bonds. The number of aliphatic hydroxyl groups is 1. The zero-order valence-electron chi connectivity index (χ0n) is 25.0. The quantitative estimate of drug-likeness (QED) is 0.264. The van der Waals surface area contributed by atoms with Crippen LogP contribution in [0.4, 0.5) is 11.4 Å². The summed E-state index contributed by atoms with van der Waals surface area (Å²) in [6, 6.07) is 18.9. The molecule has 10 heteroatoms. The van der Waals surface area contributed by atoms with Gasteiger partial charge in [0.15, 0.2) is 0 Å². The van der Waals surface area contributed by atoms with Crippen molar-refractivity contribution in [3.63, 3.8) is 0 Å². The Hall–Kier alpha value is -3.47. The Morgan fingerprint density at radius 1 is 1.05 bits per heavy atom. The molecule has 3 N–H and O–H groups in total. The highest BCUT2D eigenvalue weighted by Crippen LogP contribution is 2.60. The van der Waals surface area contributed by atoms with Crippen molar-refractivity contribution in [1.82, 2.24) is 4.90 Å². The predicted octanol–water partition coefficient (Wildman–Crippen LogP) is 4.97. The number of nitrogens with one attached hydrogen (secondary N) is 2. The largest absolute Gasteiger partial charge is 0.494 e. The topological polar surface area (TPSA) is 117 Å². The fourth-order valence-corrected chi connectivity index (χ4v) is 8.29. The zero-order chi connectivity index (χ0) is 31.2. The normalized spacial score (nSPS) is 28.5. The molecule has 0 saturated carbocycles. The predicted molar refractivity (Wildman–Crippen MR) is 172 cm³/mol. The Bertz CT molecular complexity index is 1570. The number of anilines is 2. The first kappa shape index (κ1) is 30.6. The van der Waals surface area contributed by atoms with E-state index in [0.29, 0.717) is 36.6 Å². The van der Waals surface area contributed by atoms with E-state index in [1.165, 1.54) is 4.90 Å². The summed E-state index contributed by atoms with van der Waals surface area (Å²) in [7, 11) is 0. The first-order chi connectivity index (χ1) is 21.2. The lowest BCUT2D eigenvalue weighted by Crippen LogP contribution is -2.57. The number of carbonyl (C=O) groups is 3. The highest BCUT2D eigenvalue weighted by Gasteiger charge is 2.77. The number of benzene rings is 3. The van der Waals surface area contributed by atoms with E-state index in [4.69, 9.17) is 9.47 Å². The first-order valence-corrected chi connectivity index (χ1v) is 16.2. The summed E-state index contributed by atoms with van der Waals surface area (Å²) in [5, 5.41) is 18.6. The minimum absolute atomic E-state index is 0.0942. The third kappa shape index (κ3) is 5.06. The maximum atomic E-state index is 14.5. The average Bonchev–Trinajstić information content (AvgIpc) is 3.62. The highest BCUT2D eigenvalue weighted by atomic mass is 79.9. The maximum absolute atomic E-state index is 14.5. The monoisotopic (exact) mass is 663 g/mol. The van der Waals surface area contributed by atoms with E-state index >= 15 is 0 Å². The molecule has 6 rings (SSSR count). The molecule has 3 aromatic carbocycles. The number of hydrogen-bond donors (Lipinski definition) is 3. The van der Waals surface area contributed by atoms with Gasteiger partial charge in [-0.3, -0.25) is 14.4 Å². The minimum atomic E-state index is -1.24. The summed E-state index contributed by atoms with van der Waals surface area (Å²) in [5.74, 6) is -2.19. The lowest BCUT2D eigenvalue weighted by molar-refractivity contribution is -0.144. The average molecular weight is 665 g/mol. The summed E-state index contributed by atoms with van der Waals surface area (Å²) in [6.07, 6.45) is 0.477. The summed E-state index contributed by atoms with van der Waals surface area (Å²) in [4.78, 5) is 44.0. The Morgan fingerprint density at radius 3 is 2.41 bits per heavy atom. The van der Waals surface area contributed by atoms with E-state index in [1.807, 2.05) is 63.2 Å². The van der Waals surface area contributed by atoms with Crippen LogP contribution < -0.4 is 15.4 Å². The molecule has 3 aliphatic heterocycles. The van der Waals surface area contributed by atoms with Crippen LogP contribution in [-0.4, -0.2) is 69.6 Å². The van der Waals surface area contributed by atoms with Gasteiger partial charge in [-0.2, -0.15) is 0 Å². The number of rotatable bonds is 10. The SMILES string of the molecule is CCOc1ccc(NC(=O)[C@H]2[C@H]3C(=O)N([C@@H](CO)[C@@H](C)CC)C(C(=O)Nc4ccc5ccccc5c4)C34CC(Br)[C@@H]2O4)cc1. The Morgan fingerprint density at radius 2 is 1.73 bits per heavy atom. The molecule has 3 fully saturated rings. The lowest BCUT2D eigenvalue weighted by atomic mass is 9.70. The number of carbonyl (C=O) groups excluding carboxylic acids is 3. The number of likely N-dealkylation sites (tertiary alicyclic amines) is 1. The molecule has 0 radical (unpaired) electrons. The standard InChI is InChI=1S/C34H38BrN3O6/c1-4-19(3)26(18-39)38-30(32(41)37-23-11-10-20-8-6-7-9-21(20)16-23)34-17-25(35)29(44-34)27(28(34)33(38)42)31(40)36-22-12-14-24(15-13-22)43-5-2/h6-16,19,25-30,39H,4-5,17-18H2,1-3H3,(H,36,40)(H,37,41)/t19-,25?,26-,27-,28-,29-,30?,34?/m0/s1. The Labute approximate surface area is 265 Å². The number of aliphatic hydroxyl groups excluding tert-OH is 1. The van der Waals surface area contributed by atoms with E-state index in [0.717, 1.165) is 10.8 Å². The molecule has 3 aliphatic rings. The number of alkyl halides is 1. The molecule has 3 unspecified atom stereocenters. The Kier molecular flexibility index (Phi) is 8.43. The molecule has 9 nitrogen and oxygen atoms in total. The van der Waals surface area contributed by atoms with Crippen molar-refractivity contribution in [2.24, 2.45) is 17.8 Å². The van der Waals surface area contributed by atoms with Gasteiger partial charge in [-0.1, -0.05) is 66.5 Å². The van der Waals surface area contributed by atoms with Crippen molar-refractivity contribution in [2.75, 3.05) is 23.8 Å². The van der Waals surface area contributed by atoms with Gasteiger partial charge in [0, 0.05) is 16.2 Å². The summed E-state index contributed by atoms with van der Waals surface area (Å²) in [6.45, 7) is 6.06. The van der Waals surface area contributed by atoms with Gasteiger partial charge in [0.25, 0.3) is 0 Å². The van der Waals surface area contributed by atoms with E-state index < -0.39 is 41.5 Å². The van der Waals surface area contributed by atoms with E-state index in [1.54, 1.807) is 24.3 Å². The van der Waals surface area contributed by atoms with Crippen LogP contribution in [0.1, 0.15) is 33.6 Å². The van der Waals surface area contributed by atoms with Gasteiger partial charge in [0.1, 0.15) is 17.4 Å². The summed E-state index contributed by atoms with van der Waals surface area (Å²) >= 11 is 3.72. The van der Waals surface area contributed by atoms with Crippen LogP contribution >= 0.6 is 15.9 Å². The number of halogens is 1. The molecule has 232 valence electrons. The van der Waals surface area contributed by atoms with Crippen LogP contribution in [-0.2, 0) is 19.1 Å². The molecule has 3 heterocycles. The summed E-state index contributed by atoms with van der Waals surface area (Å²) < 4.78 is 12.2. The van der Waals surface area contributed by atoms with Crippen LogP contribution in [0, 0.1) is 17.8 Å². The molecule has 0 aromatic heterocycles. The molecule has 8 atom stereocenters. The smallest absolute Gasteiger partial charge is 0.250 e. The molecular weight excluding hydrogens is 626 g/mol. The number of fused-ring (bicyclic) bond motifs is 2. The lowest BCUT2D eigenvalue weighted by Gasteiger charge is -2.38. The van der Waals surface area contributed by atoms with Crippen LogP contribution in [0.2, 0.25) is 0 Å². The fourth-order valence-electron chi connectivity index (χ4n) is 7.34. The first-order valence-electron chi connectivity index (χ1n) is 15.3. The van der Waals surface area contributed by atoms with Crippen molar-refractivity contribution in [3.8, 4) is 5.75 Å².